The predicted molar refractivity (Wildman–Crippen MR) is 65.2 cm³/mol. The highest BCUT2D eigenvalue weighted by atomic mass is 19.4. The van der Waals surface area contributed by atoms with E-state index in [1.54, 1.807) is 30.3 Å². The van der Waals surface area contributed by atoms with Gasteiger partial charge in [-0.05, 0) is 18.9 Å². The third-order valence-corrected chi connectivity index (χ3v) is 3.50. The van der Waals surface area contributed by atoms with Crippen LogP contribution in [-0.4, -0.2) is 15.6 Å². The molecule has 1 saturated carbocycles. The molecule has 1 heterocycles. The molecule has 0 saturated heterocycles. The van der Waals surface area contributed by atoms with Crippen LogP contribution in [0, 0.1) is 0 Å². The number of rotatable bonds is 3. The molecular formula is C14H11F3N2O. The van der Waals surface area contributed by atoms with Gasteiger partial charge >= 0.3 is 6.18 Å². The Morgan fingerprint density at radius 1 is 1.15 bits per heavy atom. The van der Waals surface area contributed by atoms with E-state index in [1.165, 1.54) is 6.20 Å². The molecule has 1 fully saturated rings. The molecule has 1 aromatic heterocycles. The van der Waals surface area contributed by atoms with Crippen LogP contribution in [0.3, 0.4) is 0 Å². The van der Waals surface area contributed by atoms with Crippen molar-refractivity contribution in [3.63, 3.8) is 0 Å². The van der Waals surface area contributed by atoms with Crippen molar-refractivity contribution >= 4 is 5.78 Å². The van der Waals surface area contributed by atoms with Crippen LogP contribution < -0.4 is 0 Å². The molecule has 0 bridgehead atoms. The summed E-state index contributed by atoms with van der Waals surface area (Å²) in [4.78, 5) is 12.4. The van der Waals surface area contributed by atoms with Crippen LogP contribution in [0.2, 0.25) is 0 Å². The molecule has 0 spiro atoms. The number of alkyl halides is 3. The van der Waals surface area contributed by atoms with E-state index in [-0.39, 0.29) is 5.78 Å². The standard InChI is InChI=1S/C14H11F3N2O/c15-14(16,17)11-6-9-19(18-11)13(7-8-13)12(20)10-4-2-1-3-5-10/h1-6,9H,7-8H2. The van der Waals surface area contributed by atoms with Crippen LogP contribution in [0.1, 0.15) is 28.9 Å². The minimum atomic E-state index is -4.49. The molecule has 3 nitrogen and oxygen atoms in total. The molecular weight excluding hydrogens is 269 g/mol. The second-order valence-electron chi connectivity index (χ2n) is 4.87. The van der Waals surface area contributed by atoms with Crippen LogP contribution in [0.25, 0.3) is 0 Å². The smallest absolute Gasteiger partial charge is 0.291 e. The van der Waals surface area contributed by atoms with Gasteiger partial charge < -0.3 is 0 Å². The lowest BCUT2D eigenvalue weighted by molar-refractivity contribution is -0.141. The maximum Gasteiger partial charge on any atom is 0.435 e. The van der Waals surface area contributed by atoms with Gasteiger partial charge in [-0.1, -0.05) is 30.3 Å². The Hall–Kier alpha value is -2.11. The fourth-order valence-electron chi connectivity index (χ4n) is 2.25. The molecule has 0 aliphatic heterocycles. The van der Waals surface area contributed by atoms with Crippen LogP contribution in [0.5, 0.6) is 0 Å². The van der Waals surface area contributed by atoms with Crippen molar-refractivity contribution in [2.24, 2.45) is 0 Å². The van der Waals surface area contributed by atoms with Crippen molar-refractivity contribution in [1.82, 2.24) is 9.78 Å². The fourth-order valence-corrected chi connectivity index (χ4v) is 2.25. The Labute approximate surface area is 113 Å². The highest BCUT2D eigenvalue weighted by Gasteiger charge is 2.53. The molecule has 104 valence electrons. The number of hydrogen-bond acceptors (Lipinski definition) is 2. The number of benzene rings is 1. The Morgan fingerprint density at radius 3 is 2.30 bits per heavy atom. The Morgan fingerprint density at radius 2 is 1.80 bits per heavy atom. The average Bonchev–Trinajstić information content (AvgIpc) is 3.07. The first-order chi connectivity index (χ1) is 9.43. The van der Waals surface area contributed by atoms with Gasteiger partial charge in [0.1, 0.15) is 5.54 Å². The number of carbonyl (C=O) groups is 1. The second kappa shape index (κ2) is 4.19. The summed E-state index contributed by atoms with van der Waals surface area (Å²) in [5, 5.41) is 3.53. The van der Waals surface area contributed by atoms with Crippen molar-refractivity contribution in [2.75, 3.05) is 0 Å². The molecule has 1 aromatic carbocycles. The van der Waals surface area contributed by atoms with Crippen LogP contribution in [0.15, 0.2) is 42.6 Å². The van der Waals surface area contributed by atoms with E-state index < -0.39 is 17.4 Å². The quantitative estimate of drug-likeness (QED) is 0.809. The van der Waals surface area contributed by atoms with Gasteiger partial charge in [0.25, 0.3) is 0 Å². The summed E-state index contributed by atoms with van der Waals surface area (Å²) in [6, 6.07) is 9.47. The molecule has 6 heteroatoms. The number of aromatic nitrogens is 2. The first-order valence-corrected chi connectivity index (χ1v) is 6.17. The van der Waals surface area contributed by atoms with Gasteiger partial charge in [0.15, 0.2) is 11.5 Å². The van der Waals surface area contributed by atoms with E-state index in [0.29, 0.717) is 18.4 Å². The first kappa shape index (κ1) is 12.9. The number of hydrogen-bond donors (Lipinski definition) is 0. The van der Waals surface area contributed by atoms with Crippen LogP contribution in [-0.2, 0) is 11.7 Å². The van der Waals surface area contributed by atoms with Crippen molar-refractivity contribution in [3.05, 3.63) is 53.9 Å². The van der Waals surface area contributed by atoms with E-state index in [0.717, 1.165) is 10.7 Å². The first-order valence-electron chi connectivity index (χ1n) is 6.17. The molecule has 2 aromatic rings. The zero-order valence-corrected chi connectivity index (χ0v) is 10.4. The average molecular weight is 280 g/mol. The SMILES string of the molecule is O=C(c1ccccc1)C1(n2ccc(C(F)(F)F)n2)CC1. The largest absolute Gasteiger partial charge is 0.435 e. The minimum absolute atomic E-state index is 0.185. The molecule has 1 aliphatic rings. The number of nitrogens with zero attached hydrogens (tertiary/aromatic N) is 2. The summed E-state index contributed by atoms with van der Waals surface area (Å²) >= 11 is 0. The maximum atomic E-state index is 12.6. The second-order valence-corrected chi connectivity index (χ2v) is 4.87. The van der Waals surface area contributed by atoms with E-state index in [4.69, 9.17) is 0 Å². The highest BCUT2D eigenvalue weighted by Crippen LogP contribution is 2.46. The van der Waals surface area contributed by atoms with Gasteiger partial charge in [-0.3, -0.25) is 9.48 Å². The molecule has 0 radical (unpaired) electrons. The lowest BCUT2D eigenvalue weighted by Crippen LogP contribution is -2.29. The number of carbonyl (C=O) groups excluding carboxylic acids is 1. The Balaban J connectivity index is 1.94. The van der Waals surface area contributed by atoms with Gasteiger partial charge in [-0.15, -0.1) is 0 Å². The molecule has 1 aliphatic carbocycles. The summed E-state index contributed by atoms with van der Waals surface area (Å²) in [7, 11) is 0. The van der Waals surface area contributed by atoms with Crippen molar-refractivity contribution < 1.29 is 18.0 Å². The minimum Gasteiger partial charge on any atom is -0.291 e. The third-order valence-electron chi connectivity index (χ3n) is 3.50. The molecule has 0 atom stereocenters. The van der Waals surface area contributed by atoms with Crippen molar-refractivity contribution in [2.45, 2.75) is 24.6 Å². The van der Waals surface area contributed by atoms with Gasteiger partial charge in [0.05, 0.1) is 0 Å². The van der Waals surface area contributed by atoms with Gasteiger partial charge in [0, 0.05) is 11.8 Å². The van der Waals surface area contributed by atoms with Crippen LogP contribution >= 0.6 is 0 Å². The van der Waals surface area contributed by atoms with E-state index in [1.807, 2.05) is 0 Å². The lowest BCUT2D eigenvalue weighted by atomic mass is 10.0. The monoisotopic (exact) mass is 280 g/mol. The van der Waals surface area contributed by atoms with E-state index in [2.05, 4.69) is 5.10 Å². The normalized spacial score (nSPS) is 16.9. The summed E-state index contributed by atoms with van der Waals surface area (Å²) in [5.74, 6) is -0.185. The van der Waals surface area contributed by atoms with Gasteiger partial charge in [-0.2, -0.15) is 18.3 Å². The zero-order chi connectivity index (χ0) is 14.4. The summed E-state index contributed by atoms with van der Waals surface area (Å²) in [6.45, 7) is 0. The summed E-state index contributed by atoms with van der Waals surface area (Å²) in [5.41, 5.74) is -1.41. The third kappa shape index (κ3) is 2.01. The number of halogens is 3. The van der Waals surface area contributed by atoms with Crippen LogP contribution in [0.4, 0.5) is 13.2 Å². The van der Waals surface area contributed by atoms with Gasteiger partial charge in [-0.25, -0.2) is 0 Å². The molecule has 0 unspecified atom stereocenters. The lowest BCUT2D eigenvalue weighted by Gasteiger charge is -2.15. The zero-order valence-electron chi connectivity index (χ0n) is 10.4. The topological polar surface area (TPSA) is 34.9 Å². The molecule has 3 rings (SSSR count). The predicted octanol–water partition coefficient (Wildman–Crippen LogP) is 3.27. The fraction of sp³-hybridized carbons (Fsp3) is 0.286. The molecule has 0 amide bonds. The molecule has 20 heavy (non-hydrogen) atoms. The van der Waals surface area contributed by atoms with E-state index in [9.17, 15) is 18.0 Å². The van der Waals surface area contributed by atoms with Gasteiger partial charge in [0.2, 0.25) is 0 Å². The summed E-state index contributed by atoms with van der Waals surface area (Å²) in [6.07, 6.45) is -2.23. The van der Waals surface area contributed by atoms with Crippen molar-refractivity contribution in [3.8, 4) is 0 Å². The number of ketones is 1. The highest BCUT2D eigenvalue weighted by molar-refractivity contribution is 6.03. The Kier molecular flexibility index (Phi) is 2.70. The van der Waals surface area contributed by atoms with E-state index >= 15 is 0 Å². The molecule has 0 N–H and O–H groups in total. The maximum absolute atomic E-state index is 12.6. The number of Topliss-reactive ketones (excluding diaryl/α,β-unsaturated/α-hetero) is 1. The van der Waals surface area contributed by atoms with Crippen molar-refractivity contribution in [1.29, 1.82) is 0 Å². The Bertz CT molecular complexity index is 642. The summed E-state index contributed by atoms with van der Waals surface area (Å²) < 4.78 is 38.9.